The summed E-state index contributed by atoms with van der Waals surface area (Å²) in [4.78, 5) is 0. The second-order valence-electron chi connectivity index (χ2n) is 3.43. The molecule has 2 rings (SSSR count). The molecule has 0 spiro atoms. The van der Waals surface area contributed by atoms with Crippen LogP contribution in [0.2, 0.25) is 0 Å². The van der Waals surface area contributed by atoms with Crippen molar-refractivity contribution in [1.82, 2.24) is 0 Å². The smallest absolute Gasteiger partial charge is 0.146 e. The van der Waals surface area contributed by atoms with Crippen LogP contribution in [0.25, 0.3) is 0 Å². The number of hydrogen-bond acceptors (Lipinski definition) is 2. The summed E-state index contributed by atoms with van der Waals surface area (Å²) in [6.45, 7) is 0.740. The Bertz CT molecular complexity index is 456. The SMILES string of the molecule is Fc1ccc(Br)cc1NCCc1ccsc1. The lowest BCUT2D eigenvalue weighted by Gasteiger charge is -2.07. The van der Waals surface area contributed by atoms with Gasteiger partial charge in [-0.2, -0.15) is 11.3 Å². The molecule has 0 aliphatic carbocycles. The summed E-state index contributed by atoms with van der Waals surface area (Å²) in [6.07, 6.45) is 0.912. The molecule has 0 bridgehead atoms. The van der Waals surface area contributed by atoms with Gasteiger partial charge in [0.25, 0.3) is 0 Å². The van der Waals surface area contributed by atoms with E-state index in [0.717, 1.165) is 17.4 Å². The quantitative estimate of drug-likeness (QED) is 0.887. The monoisotopic (exact) mass is 299 g/mol. The molecule has 0 amide bonds. The number of anilines is 1. The highest BCUT2D eigenvalue weighted by atomic mass is 79.9. The van der Waals surface area contributed by atoms with Crippen molar-refractivity contribution in [1.29, 1.82) is 0 Å². The van der Waals surface area contributed by atoms with E-state index >= 15 is 0 Å². The molecule has 0 aliphatic rings. The zero-order valence-electron chi connectivity index (χ0n) is 8.54. The maximum absolute atomic E-state index is 13.4. The average Bonchev–Trinajstić information content (AvgIpc) is 2.76. The van der Waals surface area contributed by atoms with Gasteiger partial charge >= 0.3 is 0 Å². The first-order chi connectivity index (χ1) is 7.75. The fourth-order valence-corrected chi connectivity index (χ4v) is 2.47. The van der Waals surface area contributed by atoms with Gasteiger partial charge in [-0.05, 0) is 47.0 Å². The van der Waals surface area contributed by atoms with Gasteiger partial charge in [0.1, 0.15) is 5.82 Å². The van der Waals surface area contributed by atoms with Crippen LogP contribution in [0.15, 0.2) is 39.5 Å². The Morgan fingerprint density at radius 3 is 2.94 bits per heavy atom. The maximum atomic E-state index is 13.4. The largest absolute Gasteiger partial charge is 0.382 e. The highest BCUT2D eigenvalue weighted by molar-refractivity contribution is 9.10. The molecule has 2 aromatic rings. The van der Waals surface area contributed by atoms with Gasteiger partial charge < -0.3 is 5.32 Å². The Labute approximate surface area is 106 Å². The van der Waals surface area contributed by atoms with Crippen molar-refractivity contribution in [3.05, 3.63) is 50.9 Å². The summed E-state index contributed by atoms with van der Waals surface area (Å²) in [6, 6.07) is 6.99. The van der Waals surface area contributed by atoms with Gasteiger partial charge in [0.05, 0.1) is 5.69 Å². The van der Waals surface area contributed by atoms with E-state index in [1.54, 1.807) is 23.5 Å². The normalized spacial score (nSPS) is 10.4. The Hall–Kier alpha value is -0.870. The molecule has 0 atom stereocenters. The Morgan fingerprint density at radius 2 is 2.19 bits per heavy atom. The van der Waals surface area contributed by atoms with Gasteiger partial charge in [-0.1, -0.05) is 15.9 Å². The molecule has 0 saturated carbocycles. The summed E-state index contributed by atoms with van der Waals surface area (Å²) >= 11 is 5.00. The number of halogens is 2. The van der Waals surface area contributed by atoms with Crippen LogP contribution in [0.4, 0.5) is 10.1 Å². The standard InChI is InChI=1S/C12H11BrFNS/c13-10-1-2-11(14)12(7-10)15-5-3-9-4-6-16-8-9/h1-2,4,6-8,15H,3,5H2. The highest BCUT2D eigenvalue weighted by Crippen LogP contribution is 2.20. The van der Waals surface area contributed by atoms with Gasteiger partial charge in [0.15, 0.2) is 0 Å². The molecule has 1 N–H and O–H groups in total. The van der Waals surface area contributed by atoms with E-state index in [0.29, 0.717) is 5.69 Å². The number of benzene rings is 1. The summed E-state index contributed by atoms with van der Waals surface area (Å²) < 4.78 is 14.2. The van der Waals surface area contributed by atoms with Crippen molar-refractivity contribution < 1.29 is 4.39 Å². The summed E-state index contributed by atoms with van der Waals surface area (Å²) in [7, 11) is 0. The molecule has 0 unspecified atom stereocenters. The zero-order chi connectivity index (χ0) is 11.4. The van der Waals surface area contributed by atoms with Crippen molar-refractivity contribution in [3.63, 3.8) is 0 Å². The molecule has 1 heterocycles. The van der Waals surface area contributed by atoms with Crippen LogP contribution in [-0.2, 0) is 6.42 Å². The number of rotatable bonds is 4. The van der Waals surface area contributed by atoms with E-state index < -0.39 is 0 Å². The second kappa shape index (κ2) is 5.46. The molecule has 0 saturated heterocycles. The molecule has 1 aromatic carbocycles. The third kappa shape index (κ3) is 3.06. The van der Waals surface area contributed by atoms with E-state index in [1.807, 2.05) is 0 Å². The molecule has 0 radical (unpaired) electrons. The number of nitrogens with one attached hydrogen (secondary N) is 1. The van der Waals surface area contributed by atoms with Crippen LogP contribution in [0.3, 0.4) is 0 Å². The minimum absolute atomic E-state index is 0.214. The molecular weight excluding hydrogens is 289 g/mol. The van der Waals surface area contributed by atoms with Gasteiger partial charge in [-0.25, -0.2) is 4.39 Å². The Morgan fingerprint density at radius 1 is 1.31 bits per heavy atom. The highest BCUT2D eigenvalue weighted by Gasteiger charge is 2.01. The van der Waals surface area contributed by atoms with Crippen LogP contribution in [-0.4, -0.2) is 6.54 Å². The van der Waals surface area contributed by atoms with Crippen LogP contribution in [0.5, 0.6) is 0 Å². The van der Waals surface area contributed by atoms with E-state index in [-0.39, 0.29) is 5.82 Å². The summed E-state index contributed by atoms with van der Waals surface area (Å²) in [5.41, 5.74) is 1.83. The second-order valence-corrected chi connectivity index (χ2v) is 5.13. The van der Waals surface area contributed by atoms with Gasteiger partial charge in [0, 0.05) is 11.0 Å². The first-order valence-corrected chi connectivity index (χ1v) is 6.69. The predicted molar refractivity (Wildman–Crippen MR) is 70.6 cm³/mol. The summed E-state index contributed by atoms with van der Waals surface area (Å²) in [5.74, 6) is -0.214. The third-order valence-corrected chi connectivity index (χ3v) is 3.46. The van der Waals surface area contributed by atoms with Gasteiger partial charge in [-0.3, -0.25) is 0 Å². The van der Waals surface area contributed by atoms with Crippen molar-refractivity contribution in [2.24, 2.45) is 0 Å². The lowest BCUT2D eigenvalue weighted by molar-refractivity contribution is 0.630. The van der Waals surface area contributed by atoms with Gasteiger partial charge in [0.2, 0.25) is 0 Å². The first kappa shape index (κ1) is 11.6. The van der Waals surface area contributed by atoms with Crippen LogP contribution < -0.4 is 5.32 Å². The van der Waals surface area contributed by atoms with Crippen molar-refractivity contribution >= 4 is 33.0 Å². The van der Waals surface area contributed by atoms with E-state index in [1.165, 1.54) is 11.6 Å². The molecule has 16 heavy (non-hydrogen) atoms. The Kier molecular flexibility index (Phi) is 3.96. The number of thiophene rings is 1. The van der Waals surface area contributed by atoms with Crippen LogP contribution >= 0.6 is 27.3 Å². The van der Waals surface area contributed by atoms with Crippen molar-refractivity contribution in [2.45, 2.75) is 6.42 Å². The van der Waals surface area contributed by atoms with E-state index in [9.17, 15) is 4.39 Å². The zero-order valence-corrected chi connectivity index (χ0v) is 10.9. The Balaban J connectivity index is 1.92. The lowest BCUT2D eigenvalue weighted by atomic mass is 10.2. The minimum Gasteiger partial charge on any atom is -0.382 e. The topological polar surface area (TPSA) is 12.0 Å². The molecule has 0 aliphatic heterocycles. The van der Waals surface area contributed by atoms with Crippen LogP contribution in [0.1, 0.15) is 5.56 Å². The minimum atomic E-state index is -0.214. The number of hydrogen-bond donors (Lipinski definition) is 1. The molecule has 0 fully saturated rings. The van der Waals surface area contributed by atoms with E-state index in [2.05, 4.69) is 38.1 Å². The molecular formula is C12H11BrFNS. The molecule has 4 heteroatoms. The van der Waals surface area contributed by atoms with Gasteiger partial charge in [-0.15, -0.1) is 0 Å². The lowest BCUT2D eigenvalue weighted by Crippen LogP contribution is -2.05. The van der Waals surface area contributed by atoms with Crippen molar-refractivity contribution in [2.75, 3.05) is 11.9 Å². The first-order valence-electron chi connectivity index (χ1n) is 4.96. The fourth-order valence-electron chi connectivity index (χ4n) is 1.41. The van der Waals surface area contributed by atoms with Crippen molar-refractivity contribution in [3.8, 4) is 0 Å². The summed E-state index contributed by atoms with van der Waals surface area (Å²) in [5, 5.41) is 7.25. The molecule has 84 valence electrons. The third-order valence-electron chi connectivity index (χ3n) is 2.24. The molecule has 1 nitrogen and oxygen atoms in total. The average molecular weight is 300 g/mol. The fraction of sp³-hybridized carbons (Fsp3) is 0.167. The maximum Gasteiger partial charge on any atom is 0.146 e. The predicted octanol–water partition coefficient (Wildman–Crippen LogP) is 4.30. The van der Waals surface area contributed by atoms with Crippen LogP contribution in [0, 0.1) is 5.82 Å². The molecule has 1 aromatic heterocycles. The van der Waals surface area contributed by atoms with E-state index in [4.69, 9.17) is 0 Å².